The first-order valence-corrected chi connectivity index (χ1v) is 5.88. The van der Waals surface area contributed by atoms with Crippen LogP contribution < -0.4 is 5.73 Å². The zero-order valence-corrected chi connectivity index (χ0v) is 8.81. The molecular formula is C8H12ClN3S. The molecule has 0 aromatic carbocycles. The summed E-state index contributed by atoms with van der Waals surface area (Å²) in [4.78, 5) is 0. The second-order valence-electron chi connectivity index (χ2n) is 3.19. The summed E-state index contributed by atoms with van der Waals surface area (Å²) < 4.78 is 1.86. The lowest BCUT2D eigenvalue weighted by Gasteiger charge is -2.22. The molecule has 13 heavy (non-hydrogen) atoms. The molecule has 1 aliphatic rings. The third-order valence-electron chi connectivity index (χ3n) is 2.27. The maximum atomic E-state index is 5.83. The minimum absolute atomic E-state index is 0.436. The van der Waals surface area contributed by atoms with E-state index in [1.54, 1.807) is 6.20 Å². The van der Waals surface area contributed by atoms with E-state index < -0.39 is 0 Å². The molecule has 72 valence electrons. The van der Waals surface area contributed by atoms with Gasteiger partial charge in [-0.05, 0) is 18.6 Å². The van der Waals surface area contributed by atoms with E-state index in [2.05, 4.69) is 5.10 Å². The quantitative estimate of drug-likeness (QED) is 0.785. The fourth-order valence-electron chi connectivity index (χ4n) is 1.56. The number of rotatable bonds is 1. The molecule has 1 fully saturated rings. The van der Waals surface area contributed by atoms with E-state index in [9.17, 15) is 0 Å². The molecule has 1 aromatic heterocycles. The number of aromatic nitrogens is 2. The number of nitrogens with zero attached hydrogens (tertiary/aromatic N) is 2. The van der Waals surface area contributed by atoms with Gasteiger partial charge in [0.1, 0.15) is 10.8 Å². The lowest BCUT2D eigenvalue weighted by atomic mass is 10.2. The average Bonchev–Trinajstić information content (AvgIpc) is 2.49. The van der Waals surface area contributed by atoms with Crippen molar-refractivity contribution >= 4 is 29.2 Å². The van der Waals surface area contributed by atoms with Crippen LogP contribution in [0, 0.1) is 0 Å². The van der Waals surface area contributed by atoms with Crippen LogP contribution in [-0.4, -0.2) is 21.3 Å². The minimum atomic E-state index is 0.436. The molecule has 2 N–H and O–H groups in total. The van der Waals surface area contributed by atoms with Crippen molar-refractivity contribution in [2.45, 2.75) is 18.9 Å². The summed E-state index contributed by atoms with van der Waals surface area (Å²) in [5.74, 6) is 2.96. The summed E-state index contributed by atoms with van der Waals surface area (Å²) in [5, 5.41) is 4.75. The summed E-state index contributed by atoms with van der Waals surface area (Å²) in [6.07, 6.45) is 4.03. The maximum Gasteiger partial charge on any atom is 0.140 e. The second kappa shape index (κ2) is 3.80. The van der Waals surface area contributed by atoms with Gasteiger partial charge in [0.25, 0.3) is 0 Å². The van der Waals surface area contributed by atoms with Crippen LogP contribution in [-0.2, 0) is 0 Å². The Bertz CT molecular complexity index is 294. The topological polar surface area (TPSA) is 43.8 Å². The molecule has 1 aromatic rings. The Morgan fingerprint density at radius 3 is 3.08 bits per heavy atom. The van der Waals surface area contributed by atoms with Gasteiger partial charge in [-0.25, -0.2) is 4.68 Å². The van der Waals surface area contributed by atoms with Crippen molar-refractivity contribution in [3.05, 3.63) is 11.2 Å². The van der Waals surface area contributed by atoms with Crippen LogP contribution in [0.5, 0.6) is 0 Å². The number of hydrogen-bond donors (Lipinski definition) is 1. The van der Waals surface area contributed by atoms with E-state index in [-0.39, 0.29) is 0 Å². The molecule has 1 unspecified atom stereocenters. The molecule has 0 radical (unpaired) electrons. The first-order chi connectivity index (χ1) is 6.29. The summed E-state index contributed by atoms with van der Waals surface area (Å²) in [5.41, 5.74) is 5.79. The number of nitrogen functional groups attached to an aromatic ring is 1. The van der Waals surface area contributed by atoms with Gasteiger partial charge in [0.2, 0.25) is 0 Å². The van der Waals surface area contributed by atoms with Crippen molar-refractivity contribution in [1.82, 2.24) is 9.78 Å². The van der Waals surface area contributed by atoms with Gasteiger partial charge in [-0.3, -0.25) is 0 Å². The second-order valence-corrected chi connectivity index (χ2v) is 4.75. The van der Waals surface area contributed by atoms with Crippen molar-refractivity contribution in [3.8, 4) is 0 Å². The minimum Gasteiger partial charge on any atom is -0.383 e. The number of nitrogens with two attached hydrogens (primary N) is 1. The molecular weight excluding hydrogens is 206 g/mol. The molecule has 1 aliphatic heterocycles. The first kappa shape index (κ1) is 9.21. The Hall–Kier alpha value is -0.350. The van der Waals surface area contributed by atoms with Crippen LogP contribution in [0.3, 0.4) is 0 Å². The summed E-state index contributed by atoms with van der Waals surface area (Å²) >= 11 is 7.79. The largest absolute Gasteiger partial charge is 0.383 e. The normalized spacial score (nSPS) is 23.3. The summed E-state index contributed by atoms with van der Waals surface area (Å²) in [7, 11) is 0. The number of hydrogen-bond acceptors (Lipinski definition) is 3. The molecule has 2 heterocycles. The summed E-state index contributed by atoms with van der Waals surface area (Å²) in [6, 6.07) is 0.436. The first-order valence-electron chi connectivity index (χ1n) is 4.35. The SMILES string of the molecule is Nc1c(Cl)cnn1C1CCCSC1. The molecule has 2 rings (SSSR count). The Balaban J connectivity index is 2.18. The predicted octanol–water partition coefficient (Wildman–Crippen LogP) is 2.19. The lowest BCUT2D eigenvalue weighted by molar-refractivity contribution is 0.461. The molecule has 3 nitrogen and oxygen atoms in total. The fourth-order valence-corrected chi connectivity index (χ4v) is 2.81. The van der Waals surface area contributed by atoms with Crippen molar-refractivity contribution in [1.29, 1.82) is 0 Å². The van der Waals surface area contributed by atoms with E-state index in [4.69, 9.17) is 17.3 Å². The zero-order chi connectivity index (χ0) is 9.26. The third kappa shape index (κ3) is 1.79. The van der Waals surface area contributed by atoms with Crippen molar-refractivity contribution < 1.29 is 0 Å². The lowest BCUT2D eigenvalue weighted by Crippen LogP contribution is -2.18. The van der Waals surface area contributed by atoms with Gasteiger partial charge >= 0.3 is 0 Å². The average molecular weight is 218 g/mol. The fraction of sp³-hybridized carbons (Fsp3) is 0.625. The van der Waals surface area contributed by atoms with E-state index >= 15 is 0 Å². The van der Waals surface area contributed by atoms with Crippen molar-refractivity contribution in [2.24, 2.45) is 0 Å². The molecule has 5 heteroatoms. The van der Waals surface area contributed by atoms with E-state index in [1.165, 1.54) is 12.2 Å². The Kier molecular flexibility index (Phi) is 2.69. The Morgan fingerprint density at radius 1 is 1.69 bits per heavy atom. The third-order valence-corrected chi connectivity index (χ3v) is 3.76. The van der Waals surface area contributed by atoms with Crippen LogP contribution >= 0.6 is 23.4 Å². The van der Waals surface area contributed by atoms with Gasteiger partial charge in [0.05, 0.1) is 12.2 Å². The molecule has 1 saturated heterocycles. The van der Waals surface area contributed by atoms with Crippen LogP contribution in [0.25, 0.3) is 0 Å². The van der Waals surface area contributed by atoms with Gasteiger partial charge in [-0.15, -0.1) is 0 Å². The molecule has 0 saturated carbocycles. The van der Waals surface area contributed by atoms with Gasteiger partial charge < -0.3 is 5.73 Å². The van der Waals surface area contributed by atoms with Crippen LogP contribution in [0.1, 0.15) is 18.9 Å². The van der Waals surface area contributed by atoms with E-state index in [0.717, 1.165) is 12.2 Å². The van der Waals surface area contributed by atoms with Crippen LogP contribution in [0.15, 0.2) is 6.20 Å². The van der Waals surface area contributed by atoms with Gasteiger partial charge in [-0.2, -0.15) is 16.9 Å². The standard InChI is InChI=1S/C8H12ClN3S/c9-7-4-11-12(8(7)10)6-2-1-3-13-5-6/h4,6H,1-3,5,10H2. The van der Waals surface area contributed by atoms with Crippen LogP contribution in [0.2, 0.25) is 5.02 Å². The molecule has 0 aliphatic carbocycles. The van der Waals surface area contributed by atoms with Crippen LogP contribution in [0.4, 0.5) is 5.82 Å². The maximum absolute atomic E-state index is 5.83. The Labute approximate surface area is 86.6 Å². The smallest absolute Gasteiger partial charge is 0.140 e. The summed E-state index contributed by atoms with van der Waals surface area (Å²) in [6.45, 7) is 0. The highest BCUT2D eigenvalue weighted by atomic mass is 35.5. The molecule has 0 amide bonds. The van der Waals surface area contributed by atoms with Gasteiger partial charge in [-0.1, -0.05) is 11.6 Å². The zero-order valence-electron chi connectivity index (χ0n) is 7.24. The molecule has 1 atom stereocenters. The molecule has 0 spiro atoms. The Morgan fingerprint density at radius 2 is 2.54 bits per heavy atom. The molecule has 0 bridgehead atoms. The highest BCUT2D eigenvalue weighted by Crippen LogP contribution is 2.30. The van der Waals surface area contributed by atoms with Gasteiger partial charge in [0.15, 0.2) is 0 Å². The van der Waals surface area contributed by atoms with Crippen molar-refractivity contribution in [3.63, 3.8) is 0 Å². The van der Waals surface area contributed by atoms with E-state index in [0.29, 0.717) is 16.9 Å². The monoisotopic (exact) mass is 217 g/mol. The highest BCUT2D eigenvalue weighted by Gasteiger charge is 2.19. The number of anilines is 1. The predicted molar refractivity (Wildman–Crippen MR) is 57.2 cm³/mol. The van der Waals surface area contributed by atoms with E-state index in [1.807, 2.05) is 16.4 Å². The van der Waals surface area contributed by atoms with Crippen molar-refractivity contribution in [2.75, 3.05) is 17.2 Å². The number of thioether (sulfide) groups is 1. The van der Waals surface area contributed by atoms with Gasteiger partial charge in [0, 0.05) is 5.75 Å². The highest BCUT2D eigenvalue weighted by molar-refractivity contribution is 7.99. The number of halogens is 1.